The maximum absolute atomic E-state index is 14.1. The average molecular weight is 586 g/mol. The maximum Gasteiger partial charge on any atom is 0.264 e. The standard InChI is InChI=1S/C30H36ClN3O5S/c1-5-26(30(36)32-22(3)4)33(20-23-14-10-11-17-25(23)31)29(35)21-34(27-18-12-13-19-28(27)39-6-2)40(37,38)24-15-8-7-9-16-24/h7-19,22,26H,5-6,20-21H2,1-4H3,(H,32,36). The molecule has 0 aromatic heterocycles. The van der Waals surface area contributed by atoms with Crippen molar-refractivity contribution in [2.24, 2.45) is 0 Å². The molecule has 1 unspecified atom stereocenters. The number of sulfonamides is 1. The third-order valence-electron chi connectivity index (χ3n) is 6.16. The van der Waals surface area contributed by atoms with E-state index in [1.807, 2.05) is 13.8 Å². The number of halogens is 1. The summed E-state index contributed by atoms with van der Waals surface area (Å²) in [7, 11) is -4.20. The minimum absolute atomic E-state index is 0.0227. The number of benzene rings is 3. The molecule has 0 saturated heterocycles. The van der Waals surface area contributed by atoms with E-state index in [0.29, 0.717) is 29.4 Å². The van der Waals surface area contributed by atoms with Crippen molar-refractivity contribution in [1.82, 2.24) is 10.2 Å². The van der Waals surface area contributed by atoms with Crippen LogP contribution in [0, 0.1) is 0 Å². The van der Waals surface area contributed by atoms with E-state index in [1.54, 1.807) is 80.6 Å². The molecule has 2 amide bonds. The van der Waals surface area contributed by atoms with E-state index in [1.165, 1.54) is 17.0 Å². The maximum atomic E-state index is 14.1. The highest BCUT2D eigenvalue weighted by Crippen LogP contribution is 2.33. The lowest BCUT2D eigenvalue weighted by molar-refractivity contribution is -0.140. The fourth-order valence-electron chi connectivity index (χ4n) is 4.28. The van der Waals surface area contributed by atoms with Crippen LogP contribution in [-0.2, 0) is 26.2 Å². The Morgan fingerprint density at radius 1 is 0.925 bits per heavy atom. The van der Waals surface area contributed by atoms with Gasteiger partial charge in [0.1, 0.15) is 18.3 Å². The Kier molecular flexibility index (Phi) is 11.0. The second-order valence-corrected chi connectivity index (χ2v) is 11.7. The van der Waals surface area contributed by atoms with Gasteiger partial charge in [-0.1, -0.05) is 67.1 Å². The Hall–Kier alpha value is -3.56. The highest BCUT2D eigenvalue weighted by atomic mass is 35.5. The van der Waals surface area contributed by atoms with Crippen molar-refractivity contribution < 1.29 is 22.7 Å². The third-order valence-corrected chi connectivity index (χ3v) is 8.30. The predicted octanol–water partition coefficient (Wildman–Crippen LogP) is 5.27. The van der Waals surface area contributed by atoms with E-state index in [9.17, 15) is 18.0 Å². The number of hydrogen-bond donors (Lipinski definition) is 1. The van der Waals surface area contributed by atoms with Crippen LogP contribution in [0.4, 0.5) is 5.69 Å². The van der Waals surface area contributed by atoms with Crippen molar-refractivity contribution in [3.8, 4) is 5.75 Å². The molecule has 3 aromatic carbocycles. The lowest BCUT2D eigenvalue weighted by atomic mass is 10.1. The van der Waals surface area contributed by atoms with Crippen molar-refractivity contribution in [3.63, 3.8) is 0 Å². The molecule has 0 saturated carbocycles. The molecule has 0 heterocycles. The van der Waals surface area contributed by atoms with Gasteiger partial charge in [0, 0.05) is 17.6 Å². The lowest BCUT2D eigenvalue weighted by Gasteiger charge is -2.34. The monoisotopic (exact) mass is 585 g/mol. The topological polar surface area (TPSA) is 96.0 Å². The second kappa shape index (κ2) is 14.2. The first-order valence-electron chi connectivity index (χ1n) is 13.2. The van der Waals surface area contributed by atoms with Crippen LogP contribution in [0.1, 0.15) is 39.7 Å². The zero-order chi connectivity index (χ0) is 29.3. The molecule has 0 aliphatic carbocycles. The van der Waals surface area contributed by atoms with Gasteiger partial charge in [0.15, 0.2) is 0 Å². The Morgan fingerprint density at radius 2 is 1.55 bits per heavy atom. The molecular weight excluding hydrogens is 550 g/mol. The molecule has 0 aliphatic heterocycles. The molecule has 214 valence electrons. The van der Waals surface area contributed by atoms with Gasteiger partial charge in [-0.2, -0.15) is 0 Å². The Bertz CT molecular complexity index is 1400. The SMILES string of the molecule is CCOc1ccccc1N(CC(=O)N(Cc1ccccc1Cl)C(CC)C(=O)NC(C)C)S(=O)(=O)c1ccccc1. The number of nitrogens with zero attached hydrogens (tertiary/aromatic N) is 2. The van der Waals surface area contributed by atoms with Gasteiger partial charge < -0.3 is 15.0 Å². The van der Waals surface area contributed by atoms with E-state index in [-0.39, 0.29) is 29.1 Å². The molecule has 0 radical (unpaired) electrons. The van der Waals surface area contributed by atoms with Gasteiger partial charge in [0.2, 0.25) is 11.8 Å². The number of para-hydroxylation sites is 2. The van der Waals surface area contributed by atoms with Crippen molar-refractivity contribution in [1.29, 1.82) is 0 Å². The van der Waals surface area contributed by atoms with Crippen molar-refractivity contribution in [2.45, 2.75) is 57.6 Å². The Balaban J connectivity index is 2.11. The molecule has 8 nitrogen and oxygen atoms in total. The minimum Gasteiger partial charge on any atom is -0.492 e. The molecule has 1 atom stereocenters. The number of nitrogens with one attached hydrogen (secondary N) is 1. The van der Waals surface area contributed by atoms with Crippen LogP contribution < -0.4 is 14.4 Å². The lowest BCUT2D eigenvalue weighted by Crippen LogP contribution is -2.53. The zero-order valence-electron chi connectivity index (χ0n) is 23.2. The van der Waals surface area contributed by atoms with Crippen molar-refractivity contribution in [2.75, 3.05) is 17.5 Å². The number of amides is 2. The summed E-state index contributed by atoms with van der Waals surface area (Å²) in [6.07, 6.45) is 0.315. The Labute approximate surface area is 241 Å². The van der Waals surface area contributed by atoms with E-state index >= 15 is 0 Å². The molecule has 3 aromatic rings. The minimum atomic E-state index is -4.20. The highest BCUT2D eigenvalue weighted by Gasteiger charge is 2.35. The van der Waals surface area contributed by atoms with Gasteiger partial charge in [0.25, 0.3) is 10.0 Å². The molecule has 0 fully saturated rings. The fourth-order valence-corrected chi connectivity index (χ4v) is 5.93. The molecular formula is C30H36ClN3O5S. The summed E-state index contributed by atoms with van der Waals surface area (Å²) in [6.45, 7) is 7.04. The van der Waals surface area contributed by atoms with Crippen molar-refractivity contribution in [3.05, 3.63) is 89.4 Å². The zero-order valence-corrected chi connectivity index (χ0v) is 24.8. The van der Waals surface area contributed by atoms with Crippen LogP contribution in [0.3, 0.4) is 0 Å². The van der Waals surface area contributed by atoms with Crippen LogP contribution in [0.2, 0.25) is 5.02 Å². The van der Waals surface area contributed by atoms with Crippen LogP contribution in [0.15, 0.2) is 83.8 Å². The summed E-state index contributed by atoms with van der Waals surface area (Å²) in [5.41, 5.74) is 0.861. The molecule has 40 heavy (non-hydrogen) atoms. The summed E-state index contributed by atoms with van der Waals surface area (Å²) in [6, 6.07) is 20.6. The molecule has 3 rings (SSSR count). The third kappa shape index (κ3) is 7.55. The quantitative estimate of drug-likeness (QED) is 0.295. The average Bonchev–Trinajstić information content (AvgIpc) is 2.93. The number of ether oxygens (including phenoxy) is 1. The van der Waals surface area contributed by atoms with E-state index in [4.69, 9.17) is 16.3 Å². The first kappa shape index (κ1) is 31.0. The summed E-state index contributed by atoms with van der Waals surface area (Å²) >= 11 is 6.43. The van der Waals surface area contributed by atoms with Crippen molar-refractivity contribution >= 4 is 39.1 Å². The van der Waals surface area contributed by atoms with Crippen LogP contribution in [-0.4, -0.2) is 50.4 Å². The summed E-state index contributed by atoms with van der Waals surface area (Å²) in [5, 5.41) is 3.32. The van der Waals surface area contributed by atoms with Gasteiger partial charge in [0.05, 0.1) is 17.2 Å². The van der Waals surface area contributed by atoms with Crippen LogP contribution >= 0.6 is 11.6 Å². The van der Waals surface area contributed by atoms with Crippen LogP contribution in [0.25, 0.3) is 0 Å². The van der Waals surface area contributed by atoms with Gasteiger partial charge in [-0.3, -0.25) is 13.9 Å². The summed E-state index contributed by atoms with van der Waals surface area (Å²) in [4.78, 5) is 28.8. The number of anilines is 1. The van der Waals surface area contributed by atoms with Crippen LogP contribution in [0.5, 0.6) is 5.75 Å². The molecule has 0 bridgehead atoms. The highest BCUT2D eigenvalue weighted by molar-refractivity contribution is 7.92. The predicted molar refractivity (Wildman–Crippen MR) is 158 cm³/mol. The number of carbonyl (C=O) groups excluding carboxylic acids is 2. The summed E-state index contributed by atoms with van der Waals surface area (Å²) < 4.78 is 34.7. The number of rotatable bonds is 13. The largest absolute Gasteiger partial charge is 0.492 e. The van der Waals surface area contributed by atoms with Gasteiger partial charge in [-0.05, 0) is 63.1 Å². The smallest absolute Gasteiger partial charge is 0.264 e. The normalized spacial score (nSPS) is 12.1. The first-order valence-corrected chi connectivity index (χ1v) is 15.0. The number of hydrogen-bond acceptors (Lipinski definition) is 5. The molecule has 0 spiro atoms. The fraction of sp³-hybridized carbons (Fsp3) is 0.333. The van der Waals surface area contributed by atoms with Gasteiger partial charge >= 0.3 is 0 Å². The molecule has 1 N–H and O–H groups in total. The second-order valence-electron chi connectivity index (χ2n) is 9.43. The van der Waals surface area contributed by atoms with E-state index in [0.717, 1.165) is 4.31 Å². The first-order chi connectivity index (χ1) is 19.1. The van der Waals surface area contributed by atoms with E-state index < -0.39 is 28.5 Å². The summed E-state index contributed by atoms with van der Waals surface area (Å²) in [5.74, 6) is -0.568. The molecule has 0 aliphatic rings. The van der Waals surface area contributed by atoms with Gasteiger partial charge in [-0.25, -0.2) is 8.42 Å². The van der Waals surface area contributed by atoms with Gasteiger partial charge in [-0.15, -0.1) is 0 Å². The Morgan fingerprint density at radius 3 is 2.17 bits per heavy atom. The molecule has 10 heteroatoms. The van der Waals surface area contributed by atoms with E-state index in [2.05, 4.69) is 5.32 Å². The number of carbonyl (C=O) groups is 2.